The van der Waals surface area contributed by atoms with Gasteiger partial charge >= 0.3 is 0 Å². The summed E-state index contributed by atoms with van der Waals surface area (Å²) in [4.78, 5) is 11.8. The number of carbonyl (C=O) groups is 1. The predicted octanol–water partition coefficient (Wildman–Crippen LogP) is 3.71. The second-order valence-electron chi connectivity index (χ2n) is 5.32. The largest absolute Gasteiger partial charge is 0.505 e. The molecule has 1 amide bonds. The van der Waals surface area contributed by atoms with Crippen molar-refractivity contribution in [2.24, 2.45) is 0 Å². The van der Waals surface area contributed by atoms with Crippen LogP contribution in [0.4, 0.5) is 4.39 Å². The van der Waals surface area contributed by atoms with Crippen LogP contribution in [-0.4, -0.2) is 35.4 Å². The zero-order chi connectivity index (χ0) is 17.4. The number of hydrogen-bond acceptors (Lipinski definition) is 6. The van der Waals surface area contributed by atoms with Crippen molar-refractivity contribution >= 4 is 27.5 Å². The molecular weight excluding hydrogens is 353 g/mol. The molecule has 1 unspecified atom stereocenters. The van der Waals surface area contributed by atoms with Crippen molar-refractivity contribution in [1.29, 1.82) is 0 Å². The molecule has 0 radical (unpaired) electrons. The first-order chi connectivity index (χ1) is 11.6. The van der Waals surface area contributed by atoms with Gasteiger partial charge in [-0.05, 0) is 19.3 Å². The van der Waals surface area contributed by atoms with Gasteiger partial charge in [0, 0.05) is 30.1 Å². The molecule has 0 aromatic heterocycles. The molecule has 1 heterocycles. The third kappa shape index (κ3) is 5.98. The molecule has 0 bridgehead atoms. The minimum Gasteiger partial charge on any atom is -0.505 e. The minimum atomic E-state index is -0.767. The van der Waals surface area contributed by atoms with Crippen molar-refractivity contribution in [2.45, 2.75) is 38.9 Å². The third-order valence-corrected chi connectivity index (χ3v) is 5.95. The Bertz CT molecular complexity index is 528. The van der Waals surface area contributed by atoms with Crippen molar-refractivity contribution in [3.05, 3.63) is 17.9 Å². The van der Waals surface area contributed by atoms with Gasteiger partial charge in [0.05, 0.1) is 6.54 Å². The van der Waals surface area contributed by atoms with Gasteiger partial charge in [0.15, 0.2) is 23.1 Å². The molecule has 0 spiro atoms. The highest BCUT2D eigenvalue weighted by molar-refractivity contribution is 8.76. The molecule has 0 saturated heterocycles. The van der Waals surface area contributed by atoms with Crippen LogP contribution in [0.15, 0.2) is 12.1 Å². The maximum absolute atomic E-state index is 13.2. The number of rotatable bonds is 10. The number of carbonyl (C=O) groups excluding carboxylic acids is 1. The molecule has 134 valence electrons. The number of aromatic hydroxyl groups is 1. The summed E-state index contributed by atoms with van der Waals surface area (Å²) in [7, 11) is 3.73. The minimum absolute atomic E-state index is 0.0570. The van der Waals surface area contributed by atoms with Gasteiger partial charge in [-0.2, -0.15) is 0 Å². The van der Waals surface area contributed by atoms with Gasteiger partial charge < -0.3 is 19.9 Å². The van der Waals surface area contributed by atoms with Crippen LogP contribution in [0.1, 0.15) is 32.6 Å². The molecule has 1 atom stereocenters. The molecule has 0 saturated carbocycles. The number of nitrogens with one attached hydrogen (secondary N) is 1. The lowest BCUT2D eigenvalue weighted by atomic mass is 10.2. The van der Waals surface area contributed by atoms with Gasteiger partial charge in [0.1, 0.15) is 0 Å². The summed E-state index contributed by atoms with van der Waals surface area (Å²) in [5.41, 5.74) is 0. The number of ether oxygens (including phenoxy) is 2. The Labute approximate surface area is 149 Å². The second-order valence-corrected chi connectivity index (χ2v) is 8.02. The number of amides is 1. The lowest BCUT2D eigenvalue weighted by Gasteiger charge is -2.11. The maximum Gasteiger partial charge on any atom is 0.258 e. The zero-order valence-electron chi connectivity index (χ0n) is 13.5. The smallest absolute Gasteiger partial charge is 0.258 e. The van der Waals surface area contributed by atoms with Gasteiger partial charge in [-0.3, -0.25) is 4.79 Å². The van der Waals surface area contributed by atoms with Crippen molar-refractivity contribution < 1.29 is 23.8 Å². The maximum atomic E-state index is 13.2. The number of phenols is 1. The van der Waals surface area contributed by atoms with Crippen LogP contribution >= 0.6 is 21.6 Å². The lowest BCUT2D eigenvalue weighted by Crippen LogP contribution is -2.36. The Kier molecular flexibility index (Phi) is 7.84. The van der Waals surface area contributed by atoms with Gasteiger partial charge in [0.25, 0.3) is 6.29 Å². The van der Waals surface area contributed by atoms with E-state index in [0.29, 0.717) is 6.42 Å². The number of hydrogen-bond donors (Lipinski definition) is 2. The Balaban J connectivity index is 1.58. The number of halogens is 1. The Morgan fingerprint density at radius 1 is 1.25 bits per heavy atom. The number of fused-ring (bicyclic) bond motifs is 1. The summed E-state index contributed by atoms with van der Waals surface area (Å²) >= 11 is 0. The van der Waals surface area contributed by atoms with E-state index in [9.17, 15) is 14.3 Å². The van der Waals surface area contributed by atoms with E-state index in [0.717, 1.165) is 30.4 Å². The van der Waals surface area contributed by atoms with E-state index >= 15 is 0 Å². The van der Waals surface area contributed by atoms with E-state index in [1.54, 1.807) is 0 Å². The summed E-state index contributed by atoms with van der Waals surface area (Å²) in [5, 5.41) is 12.0. The van der Waals surface area contributed by atoms with Crippen molar-refractivity contribution in [3.8, 4) is 17.2 Å². The Morgan fingerprint density at radius 3 is 2.71 bits per heavy atom. The molecule has 0 fully saturated rings. The Hall–Kier alpha value is -1.28. The zero-order valence-corrected chi connectivity index (χ0v) is 15.2. The quantitative estimate of drug-likeness (QED) is 0.480. The molecular formula is C16H22FNO4S2. The van der Waals surface area contributed by atoms with Gasteiger partial charge in [0.2, 0.25) is 5.91 Å². The molecule has 8 heteroatoms. The van der Waals surface area contributed by atoms with Crippen LogP contribution in [0, 0.1) is 5.82 Å². The van der Waals surface area contributed by atoms with Crippen molar-refractivity contribution in [2.75, 3.05) is 18.1 Å². The van der Waals surface area contributed by atoms with E-state index in [1.165, 1.54) is 12.5 Å². The highest BCUT2D eigenvalue weighted by Gasteiger charge is 2.26. The first-order valence-corrected chi connectivity index (χ1v) is 10.5. The standard InChI is InChI=1S/C16H22FNO4S2/c1-2-6-23-24-7-4-3-5-15(20)18-10-16-21-13-8-11(17)12(19)9-14(13)22-16/h8-9,16,19H,2-7,10H2,1H3,(H,18,20). The highest BCUT2D eigenvalue weighted by atomic mass is 33.1. The predicted molar refractivity (Wildman–Crippen MR) is 95.2 cm³/mol. The average molecular weight is 375 g/mol. The van der Waals surface area contributed by atoms with E-state index in [4.69, 9.17) is 9.47 Å². The van der Waals surface area contributed by atoms with Crippen LogP contribution in [0.5, 0.6) is 17.2 Å². The first-order valence-electron chi connectivity index (χ1n) is 7.97. The molecule has 5 nitrogen and oxygen atoms in total. The summed E-state index contributed by atoms with van der Waals surface area (Å²) in [6.07, 6.45) is 2.80. The third-order valence-electron chi connectivity index (χ3n) is 3.25. The number of benzene rings is 1. The van der Waals surface area contributed by atoms with Crippen LogP contribution in [0.2, 0.25) is 0 Å². The molecule has 1 aromatic carbocycles. The van der Waals surface area contributed by atoms with Crippen LogP contribution < -0.4 is 14.8 Å². The number of unbranched alkanes of at least 4 members (excludes halogenated alkanes) is 1. The van der Waals surface area contributed by atoms with Crippen LogP contribution in [0.3, 0.4) is 0 Å². The van der Waals surface area contributed by atoms with E-state index in [2.05, 4.69) is 12.2 Å². The van der Waals surface area contributed by atoms with Gasteiger partial charge in [-0.1, -0.05) is 28.5 Å². The molecule has 1 aliphatic rings. The molecule has 24 heavy (non-hydrogen) atoms. The Morgan fingerprint density at radius 2 is 1.96 bits per heavy atom. The highest BCUT2D eigenvalue weighted by Crippen LogP contribution is 2.38. The van der Waals surface area contributed by atoms with E-state index in [1.807, 2.05) is 21.6 Å². The SMILES string of the molecule is CCCSSCCCCC(=O)NCC1Oc2cc(O)c(F)cc2O1. The fourth-order valence-corrected chi connectivity index (χ4v) is 4.32. The second kappa shape index (κ2) is 9.88. The molecule has 2 N–H and O–H groups in total. The monoisotopic (exact) mass is 375 g/mol. The molecule has 1 aliphatic heterocycles. The topological polar surface area (TPSA) is 67.8 Å². The van der Waals surface area contributed by atoms with Crippen molar-refractivity contribution in [1.82, 2.24) is 5.32 Å². The average Bonchev–Trinajstić information content (AvgIpc) is 2.94. The lowest BCUT2D eigenvalue weighted by molar-refractivity contribution is -0.122. The van der Waals surface area contributed by atoms with E-state index < -0.39 is 17.9 Å². The summed E-state index contributed by atoms with van der Waals surface area (Å²) in [5.74, 6) is 1.40. The van der Waals surface area contributed by atoms with Crippen LogP contribution in [0.25, 0.3) is 0 Å². The first kappa shape index (κ1) is 19.1. The van der Waals surface area contributed by atoms with E-state index in [-0.39, 0.29) is 24.0 Å². The molecule has 1 aromatic rings. The number of phenolic OH excluding ortho intramolecular Hbond substituents is 1. The summed E-state index contributed by atoms with van der Waals surface area (Å²) < 4.78 is 24.0. The van der Waals surface area contributed by atoms with Crippen molar-refractivity contribution in [3.63, 3.8) is 0 Å². The molecule has 2 rings (SSSR count). The van der Waals surface area contributed by atoms with Gasteiger partial charge in [-0.25, -0.2) is 4.39 Å². The normalized spacial score (nSPS) is 15.5. The van der Waals surface area contributed by atoms with Crippen LogP contribution in [-0.2, 0) is 4.79 Å². The summed E-state index contributed by atoms with van der Waals surface area (Å²) in [6.45, 7) is 2.34. The fourth-order valence-electron chi connectivity index (χ4n) is 2.03. The molecule has 0 aliphatic carbocycles. The summed E-state index contributed by atoms with van der Waals surface area (Å²) in [6, 6.07) is 2.24. The fraction of sp³-hybridized carbons (Fsp3) is 0.562. The van der Waals surface area contributed by atoms with Gasteiger partial charge in [-0.15, -0.1) is 0 Å².